The van der Waals surface area contributed by atoms with E-state index in [9.17, 15) is 19.2 Å². The molecule has 0 saturated carbocycles. The van der Waals surface area contributed by atoms with E-state index >= 15 is 0 Å². The first kappa shape index (κ1) is 25.3. The second-order valence-electron chi connectivity index (χ2n) is 10.5. The van der Waals surface area contributed by atoms with Crippen molar-refractivity contribution >= 4 is 51.9 Å². The molecule has 9 nitrogen and oxygen atoms in total. The first-order valence-corrected chi connectivity index (χ1v) is 14.2. The Morgan fingerprint density at radius 2 is 1.66 bits per heavy atom. The number of nitrogens with zero attached hydrogens (tertiary/aromatic N) is 3. The largest absolute Gasteiger partial charge is 0.490 e. The Labute approximate surface area is 234 Å². The van der Waals surface area contributed by atoms with Crippen molar-refractivity contribution in [2.24, 2.45) is 5.92 Å². The molecule has 1 unspecified atom stereocenters. The van der Waals surface area contributed by atoms with Gasteiger partial charge >= 0.3 is 0 Å². The van der Waals surface area contributed by atoms with Crippen LogP contribution in [0.15, 0.2) is 42.5 Å². The molecule has 0 aliphatic carbocycles. The summed E-state index contributed by atoms with van der Waals surface area (Å²) in [7, 11) is 0. The van der Waals surface area contributed by atoms with Gasteiger partial charge in [-0.3, -0.25) is 29.4 Å². The van der Waals surface area contributed by atoms with E-state index in [0.29, 0.717) is 17.0 Å². The number of amides is 4. The second kappa shape index (κ2) is 10.3. The summed E-state index contributed by atoms with van der Waals surface area (Å²) in [5.41, 5.74) is 1.45. The minimum absolute atomic E-state index is 0.111. The highest BCUT2D eigenvalue weighted by Gasteiger charge is 2.46. The summed E-state index contributed by atoms with van der Waals surface area (Å²) in [6, 6.07) is 12.5. The monoisotopic (exact) mass is 628 g/mol. The predicted molar refractivity (Wildman–Crippen MR) is 148 cm³/mol. The summed E-state index contributed by atoms with van der Waals surface area (Å²) in [6.07, 6.45) is 2.51. The number of halogens is 1. The van der Waals surface area contributed by atoms with Crippen molar-refractivity contribution in [2.75, 3.05) is 37.6 Å². The summed E-state index contributed by atoms with van der Waals surface area (Å²) in [6.45, 7) is 4.63. The maximum Gasteiger partial charge on any atom is 0.264 e. The zero-order chi connectivity index (χ0) is 26.4. The molecule has 3 saturated heterocycles. The Bertz CT molecular complexity index is 1280. The van der Waals surface area contributed by atoms with Crippen LogP contribution in [0.3, 0.4) is 0 Å². The third kappa shape index (κ3) is 4.79. The molecule has 0 spiro atoms. The third-order valence-electron chi connectivity index (χ3n) is 7.91. The van der Waals surface area contributed by atoms with Gasteiger partial charge in [0.25, 0.3) is 11.8 Å². The van der Waals surface area contributed by atoms with E-state index in [1.165, 1.54) is 3.57 Å². The lowest BCUT2D eigenvalue weighted by Crippen LogP contribution is -2.54. The van der Waals surface area contributed by atoms with Gasteiger partial charge in [-0.15, -0.1) is 0 Å². The Morgan fingerprint density at radius 1 is 0.921 bits per heavy atom. The Hall–Kier alpha value is -2.99. The van der Waals surface area contributed by atoms with Crippen LogP contribution in [0.5, 0.6) is 5.75 Å². The third-order valence-corrected chi connectivity index (χ3v) is 8.63. The van der Waals surface area contributed by atoms with Gasteiger partial charge in [-0.2, -0.15) is 0 Å². The van der Waals surface area contributed by atoms with E-state index in [2.05, 4.69) is 49.8 Å². The van der Waals surface area contributed by atoms with Crippen LogP contribution in [-0.4, -0.2) is 78.3 Å². The molecule has 0 aromatic heterocycles. The van der Waals surface area contributed by atoms with Gasteiger partial charge in [0.2, 0.25) is 11.8 Å². The predicted octanol–water partition coefficient (Wildman–Crippen LogP) is 2.67. The summed E-state index contributed by atoms with van der Waals surface area (Å²) >= 11 is 2.29. The number of hydrogen-bond acceptors (Lipinski definition) is 7. The van der Waals surface area contributed by atoms with Crippen LogP contribution in [0.25, 0.3) is 0 Å². The maximum absolute atomic E-state index is 13.4. The number of carbonyl (C=O) groups excluding carboxylic acids is 4. The van der Waals surface area contributed by atoms with Crippen molar-refractivity contribution in [3.05, 3.63) is 57.2 Å². The lowest BCUT2D eigenvalue weighted by Gasteiger charge is -2.44. The summed E-state index contributed by atoms with van der Waals surface area (Å²) in [4.78, 5) is 56.1. The van der Waals surface area contributed by atoms with Gasteiger partial charge in [0, 0.05) is 48.6 Å². The zero-order valence-corrected chi connectivity index (χ0v) is 23.1. The molecule has 2 aromatic carbocycles. The Kier molecular flexibility index (Phi) is 6.85. The maximum atomic E-state index is 13.4. The number of imide groups is 2. The molecule has 10 heteroatoms. The molecule has 0 bridgehead atoms. The van der Waals surface area contributed by atoms with E-state index in [1.54, 1.807) is 12.1 Å². The lowest BCUT2D eigenvalue weighted by molar-refractivity contribution is -0.136. The summed E-state index contributed by atoms with van der Waals surface area (Å²) < 4.78 is 7.36. The molecule has 2 aromatic rings. The quantitative estimate of drug-likeness (QED) is 0.388. The number of hydrogen-bond donors (Lipinski definition) is 1. The first-order chi connectivity index (χ1) is 18.4. The van der Waals surface area contributed by atoms with Gasteiger partial charge in [-0.1, -0.05) is 6.07 Å². The number of likely N-dealkylation sites (tertiary alicyclic amines) is 1. The van der Waals surface area contributed by atoms with E-state index in [4.69, 9.17) is 4.74 Å². The second-order valence-corrected chi connectivity index (χ2v) is 11.7. The smallest absolute Gasteiger partial charge is 0.264 e. The van der Waals surface area contributed by atoms with Crippen LogP contribution in [0.2, 0.25) is 0 Å². The molecule has 1 atom stereocenters. The lowest BCUT2D eigenvalue weighted by atomic mass is 9.95. The molecular weight excluding hydrogens is 599 g/mol. The highest BCUT2D eigenvalue weighted by molar-refractivity contribution is 14.1. The Morgan fingerprint density at radius 3 is 2.37 bits per heavy atom. The van der Waals surface area contributed by atoms with Crippen LogP contribution in [0.1, 0.15) is 46.4 Å². The first-order valence-electron chi connectivity index (χ1n) is 13.1. The van der Waals surface area contributed by atoms with Gasteiger partial charge in [-0.05, 0) is 78.3 Å². The molecule has 38 heavy (non-hydrogen) atoms. The number of carbonyl (C=O) groups is 4. The molecule has 3 fully saturated rings. The molecular formula is C28H29IN4O5. The fraction of sp³-hybridized carbons (Fsp3) is 0.429. The molecule has 4 aliphatic heterocycles. The Balaban J connectivity index is 1.04. The van der Waals surface area contributed by atoms with Crippen molar-refractivity contribution < 1.29 is 23.9 Å². The van der Waals surface area contributed by atoms with Crippen LogP contribution in [0.4, 0.5) is 5.69 Å². The summed E-state index contributed by atoms with van der Waals surface area (Å²) in [5.74, 6) is -0.467. The zero-order valence-electron chi connectivity index (χ0n) is 20.9. The molecule has 4 amide bonds. The topological polar surface area (TPSA) is 99.3 Å². The minimum Gasteiger partial charge on any atom is -0.490 e. The number of rotatable bonds is 6. The van der Waals surface area contributed by atoms with Crippen LogP contribution < -0.4 is 15.0 Å². The van der Waals surface area contributed by atoms with Crippen LogP contribution in [0, 0.1) is 9.49 Å². The molecule has 6 rings (SSSR count). The number of ether oxygens (including phenoxy) is 1. The van der Waals surface area contributed by atoms with Gasteiger partial charge in [0.15, 0.2) is 0 Å². The van der Waals surface area contributed by atoms with Crippen molar-refractivity contribution in [3.8, 4) is 5.75 Å². The van der Waals surface area contributed by atoms with E-state index < -0.39 is 23.8 Å². The number of anilines is 1. The van der Waals surface area contributed by atoms with E-state index in [1.807, 2.05) is 18.2 Å². The number of nitrogens with one attached hydrogen (secondary N) is 1. The normalized spacial score (nSPS) is 22.9. The fourth-order valence-corrected chi connectivity index (χ4v) is 6.28. The highest BCUT2D eigenvalue weighted by Crippen LogP contribution is 2.37. The molecule has 4 aliphatic rings. The van der Waals surface area contributed by atoms with Crippen molar-refractivity contribution in [1.29, 1.82) is 0 Å². The van der Waals surface area contributed by atoms with Gasteiger partial charge < -0.3 is 14.5 Å². The van der Waals surface area contributed by atoms with Crippen molar-refractivity contribution in [1.82, 2.24) is 15.1 Å². The standard InChI is InChI=1S/C28H29IN4O5/c29-18-4-6-19(7-5-18)38-20-10-12-31(13-11-20)14-17-15-32(16-17)22-3-1-2-21-25(22)28(37)33(27(21)36)23-8-9-24(34)30-26(23)35/h1-7,17,20,23H,8-16H2,(H,30,34,35). The van der Waals surface area contributed by atoms with Gasteiger partial charge in [-0.25, -0.2) is 0 Å². The highest BCUT2D eigenvalue weighted by atomic mass is 127. The number of benzene rings is 2. The minimum atomic E-state index is -0.949. The van der Waals surface area contributed by atoms with E-state index in [-0.39, 0.29) is 24.9 Å². The summed E-state index contributed by atoms with van der Waals surface area (Å²) in [5, 5.41) is 2.25. The number of fused-ring (bicyclic) bond motifs is 1. The van der Waals surface area contributed by atoms with Crippen molar-refractivity contribution in [2.45, 2.75) is 37.8 Å². The molecule has 198 valence electrons. The molecule has 4 heterocycles. The van der Waals surface area contributed by atoms with Gasteiger partial charge in [0.05, 0.1) is 16.8 Å². The van der Waals surface area contributed by atoms with Crippen LogP contribution in [-0.2, 0) is 9.59 Å². The SMILES string of the molecule is O=C1CCC(N2C(=O)c3cccc(N4CC(CN5CCC(Oc6ccc(I)cc6)CC5)C4)c3C2=O)C(=O)N1. The average molecular weight is 628 g/mol. The molecule has 1 N–H and O–H groups in total. The number of piperidine rings is 2. The molecule has 0 radical (unpaired) electrons. The van der Waals surface area contributed by atoms with Gasteiger partial charge in [0.1, 0.15) is 17.9 Å². The fourth-order valence-electron chi connectivity index (χ4n) is 5.92. The van der Waals surface area contributed by atoms with E-state index in [0.717, 1.165) is 61.9 Å². The average Bonchev–Trinajstić information content (AvgIpc) is 3.14. The van der Waals surface area contributed by atoms with Crippen molar-refractivity contribution in [3.63, 3.8) is 0 Å². The van der Waals surface area contributed by atoms with Crippen LogP contribution >= 0.6 is 22.6 Å².